The largest absolute Gasteiger partial charge is 0.415 e. The summed E-state index contributed by atoms with van der Waals surface area (Å²) in [7, 11) is 5.00. The fourth-order valence-corrected chi connectivity index (χ4v) is 4.96. The molecule has 0 aromatic heterocycles. The van der Waals surface area contributed by atoms with Gasteiger partial charge in [-0.25, -0.2) is 0 Å². The normalized spacial score (nSPS) is 25.8. The van der Waals surface area contributed by atoms with Gasteiger partial charge in [0.2, 0.25) is 5.91 Å². The molecule has 0 bridgehead atoms. The van der Waals surface area contributed by atoms with E-state index in [1.807, 2.05) is 0 Å². The Morgan fingerprint density at radius 2 is 1.73 bits per heavy atom. The van der Waals surface area contributed by atoms with Crippen LogP contribution in [0.25, 0.3) is 0 Å². The molecule has 4 rings (SSSR count). The third-order valence-corrected chi connectivity index (χ3v) is 6.44. The molecule has 2 heterocycles. The van der Waals surface area contributed by atoms with E-state index in [4.69, 9.17) is 0 Å². The second kappa shape index (κ2) is 7.93. The summed E-state index contributed by atoms with van der Waals surface area (Å²) in [6.07, 6.45) is -7.88. The Bertz CT molecular complexity index is 1050. The molecule has 2 aliphatic heterocycles. The molecular weight excluding hydrogens is 448 g/mol. The van der Waals surface area contributed by atoms with Gasteiger partial charge in [0.15, 0.2) is 0 Å². The van der Waals surface area contributed by atoms with Crippen LogP contribution in [0.2, 0.25) is 0 Å². The van der Waals surface area contributed by atoms with Gasteiger partial charge in [-0.05, 0) is 35.9 Å². The average molecular weight is 471 g/mol. The fraction of sp³-hybridized carbons (Fsp3) is 0.435. The van der Waals surface area contributed by atoms with E-state index in [9.17, 15) is 31.1 Å². The number of allylic oxidation sites excluding steroid dienone is 1. The second-order valence-electron chi connectivity index (χ2n) is 8.76. The van der Waals surface area contributed by atoms with Gasteiger partial charge in [-0.15, -0.1) is 0 Å². The van der Waals surface area contributed by atoms with Gasteiger partial charge in [-0.1, -0.05) is 24.3 Å². The van der Waals surface area contributed by atoms with Gasteiger partial charge >= 0.3 is 12.4 Å². The number of amides is 1. The van der Waals surface area contributed by atoms with Crippen LogP contribution in [0.5, 0.6) is 0 Å². The van der Waals surface area contributed by atoms with E-state index in [1.54, 1.807) is 43.3 Å². The van der Waals surface area contributed by atoms with Gasteiger partial charge in [0.25, 0.3) is 0 Å². The summed E-state index contributed by atoms with van der Waals surface area (Å²) in [6.45, 7) is 0. The number of anilines is 1. The van der Waals surface area contributed by atoms with Crippen molar-refractivity contribution in [2.45, 2.75) is 43.2 Å². The number of carbonyl (C=O) groups is 1. The van der Waals surface area contributed by atoms with Crippen LogP contribution >= 0.6 is 0 Å². The fourth-order valence-electron chi connectivity index (χ4n) is 4.96. The lowest BCUT2D eigenvalue weighted by atomic mass is 9.71. The Morgan fingerprint density at radius 3 is 2.27 bits per heavy atom. The Kier molecular flexibility index (Phi) is 5.63. The van der Waals surface area contributed by atoms with Crippen LogP contribution in [-0.4, -0.2) is 56.4 Å². The smallest absolute Gasteiger partial charge is 0.378 e. The summed E-state index contributed by atoms with van der Waals surface area (Å²) in [5.74, 6) is -1.87. The van der Waals surface area contributed by atoms with E-state index in [1.165, 1.54) is 24.1 Å². The first-order valence-electron chi connectivity index (χ1n) is 10.4. The van der Waals surface area contributed by atoms with Crippen LogP contribution < -0.4 is 10.2 Å². The molecule has 1 N–H and O–H groups in total. The van der Waals surface area contributed by atoms with Crippen molar-refractivity contribution >= 4 is 11.6 Å². The van der Waals surface area contributed by atoms with Gasteiger partial charge < -0.3 is 10.2 Å². The van der Waals surface area contributed by atoms with E-state index in [-0.39, 0.29) is 17.7 Å². The van der Waals surface area contributed by atoms with Crippen molar-refractivity contribution in [2.24, 2.45) is 0 Å². The number of hydrogen-bond donors (Lipinski definition) is 1. The highest BCUT2D eigenvalue weighted by atomic mass is 19.4. The highest BCUT2D eigenvalue weighted by Crippen LogP contribution is 2.52. The molecule has 1 unspecified atom stereocenters. The van der Waals surface area contributed by atoms with Crippen molar-refractivity contribution in [1.82, 2.24) is 10.2 Å². The summed E-state index contributed by atoms with van der Waals surface area (Å²) in [6, 6.07) is 4.35. The molecular formula is C23H23F6N3O. The molecule has 0 radical (unpaired) electrons. The lowest BCUT2D eigenvalue weighted by molar-refractivity contribution is -0.145. The Hall–Kier alpha value is -2.75. The lowest BCUT2D eigenvalue weighted by Gasteiger charge is -2.46. The van der Waals surface area contributed by atoms with Crippen LogP contribution in [0.1, 0.15) is 24.3 Å². The van der Waals surface area contributed by atoms with Gasteiger partial charge in [0.05, 0.1) is 24.1 Å². The molecule has 33 heavy (non-hydrogen) atoms. The molecule has 10 heteroatoms. The summed E-state index contributed by atoms with van der Waals surface area (Å²) >= 11 is 0. The minimum atomic E-state index is -4.80. The minimum absolute atomic E-state index is 0.201. The van der Waals surface area contributed by atoms with Crippen LogP contribution in [0.15, 0.2) is 58.8 Å². The van der Waals surface area contributed by atoms with Crippen molar-refractivity contribution in [2.75, 3.05) is 26.0 Å². The van der Waals surface area contributed by atoms with Gasteiger partial charge in [0.1, 0.15) is 0 Å². The zero-order valence-electron chi connectivity index (χ0n) is 18.2. The van der Waals surface area contributed by atoms with E-state index < -0.39 is 48.3 Å². The van der Waals surface area contributed by atoms with Crippen LogP contribution in [-0.2, 0) is 4.79 Å². The maximum absolute atomic E-state index is 14.4. The number of fused-ring (bicyclic) bond motifs is 2. The van der Waals surface area contributed by atoms with Crippen molar-refractivity contribution in [3.63, 3.8) is 0 Å². The molecule has 3 atom stereocenters. The third-order valence-electron chi connectivity index (χ3n) is 6.44. The molecule has 1 aromatic rings. The molecule has 1 fully saturated rings. The zero-order valence-corrected chi connectivity index (χ0v) is 18.2. The number of benzene rings is 1. The van der Waals surface area contributed by atoms with E-state index in [2.05, 4.69) is 5.32 Å². The summed E-state index contributed by atoms with van der Waals surface area (Å²) < 4.78 is 82.9. The number of rotatable bonds is 3. The van der Waals surface area contributed by atoms with Gasteiger partial charge in [0, 0.05) is 37.8 Å². The predicted molar refractivity (Wildman–Crippen MR) is 112 cm³/mol. The average Bonchev–Trinajstić information content (AvgIpc) is 3.08. The number of alkyl halides is 6. The molecule has 0 spiro atoms. The second-order valence-corrected chi connectivity index (χ2v) is 8.76. The maximum atomic E-state index is 14.4. The predicted octanol–water partition coefficient (Wildman–Crippen LogP) is 4.67. The van der Waals surface area contributed by atoms with Gasteiger partial charge in [-0.2, -0.15) is 26.3 Å². The maximum Gasteiger partial charge on any atom is 0.415 e. The molecule has 1 aromatic carbocycles. The van der Waals surface area contributed by atoms with Crippen LogP contribution in [0, 0.1) is 0 Å². The first kappa shape index (κ1) is 23.4. The van der Waals surface area contributed by atoms with E-state index in [0.717, 1.165) is 5.69 Å². The lowest BCUT2D eigenvalue weighted by Crippen LogP contribution is -2.51. The van der Waals surface area contributed by atoms with Gasteiger partial charge in [-0.3, -0.25) is 9.69 Å². The number of carbonyl (C=O) groups excluding carboxylic acids is 1. The summed E-state index contributed by atoms with van der Waals surface area (Å²) in [5, 5.41) is 2.36. The van der Waals surface area contributed by atoms with Crippen molar-refractivity contribution in [3.05, 3.63) is 64.4 Å². The zero-order chi connectivity index (χ0) is 24.3. The highest BCUT2D eigenvalue weighted by molar-refractivity contribution is 5.89. The molecule has 4 nitrogen and oxygen atoms in total. The first-order valence-corrected chi connectivity index (χ1v) is 10.4. The quantitative estimate of drug-likeness (QED) is 0.651. The number of nitrogens with one attached hydrogen (secondary N) is 1. The SMILES string of the molecule is CN(C)c1ccc(C2C(C(F)(F)F)=C3NC(=O)CC3=C3C=C[C@@H](CC(F)(F)F)N(C)[C@@H]32)cc1. The topological polar surface area (TPSA) is 35.6 Å². The van der Waals surface area contributed by atoms with E-state index >= 15 is 0 Å². The number of likely N-dealkylation sites (N-methyl/N-ethyl adjacent to an activating group) is 1. The highest BCUT2D eigenvalue weighted by Gasteiger charge is 2.53. The number of halogens is 6. The monoisotopic (exact) mass is 471 g/mol. The molecule has 1 saturated heterocycles. The van der Waals surface area contributed by atoms with Crippen molar-refractivity contribution in [3.8, 4) is 0 Å². The summed E-state index contributed by atoms with van der Waals surface area (Å²) in [4.78, 5) is 15.3. The molecule has 178 valence electrons. The third kappa shape index (κ3) is 4.28. The van der Waals surface area contributed by atoms with Crippen molar-refractivity contribution < 1.29 is 31.1 Å². The van der Waals surface area contributed by atoms with Crippen LogP contribution in [0.4, 0.5) is 32.0 Å². The van der Waals surface area contributed by atoms with Crippen LogP contribution in [0.3, 0.4) is 0 Å². The Morgan fingerprint density at radius 1 is 1.09 bits per heavy atom. The molecule has 1 amide bonds. The van der Waals surface area contributed by atoms with Crippen molar-refractivity contribution in [1.29, 1.82) is 0 Å². The Labute approximate surface area is 187 Å². The molecule has 1 aliphatic carbocycles. The van der Waals surface area contributed by atoms with E-state index in [0.29, 0.717) is 11.1 Å². The number of nitrogens with zero attached hydrogens (tertiary/aromatic N) is 2. The molecule has 3 aliphatic rings. The molecule has 0 saturated carbocycles. The first-order chi connectivity index (χ1) is 15.3. The number of hydrogen-bond acceptors (Lipinski definition) is 3. The Balaban J connectivity index is 1.92. The minimum Gasteiger partial charge on any atom is -0.378 e. The standard InChI is InChI=1S/C23H23F6N3O/c1-31(2)13-6-4-12(5-7-13)18-19(23(27,28)29)20-16(10-17(33)30-20)15-9-8-14(11-22(24,25)26)32(3)21(15)18/h4-9,14,18,21H,10-11H2,1-3H3,(H,30,33)/t14-,18?,21-/m0/s1. The summed E-state index contributed by atoms with van der Waals surface area (Å²) in [5.41, 5.74) is 0.533.